The van der Waals surface area contributed by atoms with E-state index < -0.39 is 0 Å². The summed E-state index contributed by atoms with van der Waals surface area (Å²) in [6.07, 6.45) is 4.68. The molecule has 0 saturated heterocycles. The van der Waals surface area contributed by atoms with Crippen LogP contribution in [0.25, 0.3) is 0 Å². The van der Waals surface area contributed by atoms with Crippen LogP contribution in [-0.4, -0.2) is 47.9 Å². The lowest BCUT2D eigenvalue weighted by atomic mass is 10.1. The van der Waals surface area contributed by atoms with Gasteiger partial charge in [0, 0.05) is 38.0 Å². The lowest BCUT2D eigenvalue weighted by molar-refractivity contribution is 0.193. The molecule has 1 aromatic rings. The molecule has 0 fully saturated rings. The molecule has 0 radical (unpaired) electrons. The second-order valence-corrected chi connectivity index (χ2v) is 4.67. The predicted octanol–water partition coefficient (Wildman–Crippen LogP) is 1.21. The highest BCUT2D eigenvalue weighted by atomic mass is 16.5. The smallest absolute Gasteiger partial charge is 0.317 e. The second kappa shape index (κ2) is 6.38. The fourth-order valence-electron chi connectivity index (χ4n) is 2.05. The van der Waals surface area contributed by atoms with E-state index in [0.29, 0.717) is 19.7 Å². The van der Waals surface area contributed by atoms with Crippen LogP contribution in [0.15, 0.2) is 17.8 Å². The largest absolute Gasteiger partial charge is 0.380 e. The molecule has 0 atom stereocenters. The fraction of sp³-hybridized carbons (Fsp3) is 0.538. The van der Waals surface area contributed by atoms with Crippen molar-refractivity contribution in [3.8, 4) is 0 Å². The van der Waals surface area contributed by atoms with Crippen molar-refractivity contribution in [1.29, 1.82) is 0 Å². The zero-order valence-corrected chi connectivity index (χ0v) is 11.4. The van der Waals surface area contributed by atoms with E-state index in [2.05, 4.69) is 21.6 Å². The molecule has 0 aliphatic carbocycles. The minimum absolute atomic E-state index is 0.0340. The van der Waals surface area contributed by atoms with Gasteiger partial charge in [-0.05, 0) is 18.9 Å². The SMILES string of the molecule is COCC1=CCN(C(=O)NCc2cn[nH]c2C)CC1. The number of carbonyl (C=O) groups is 1. The number of aromatic nitrogens is 2. The Balaban J connectivity index is 1.80. The summed E-state index contributed by atoms with van der Waals surface area (Å²) >= 11 is 0. The number of nitrogens with zero attached hydrogens (tertiary/aromatic N) is 2. The lowest BCUT2D eigenvalue weighted by Gasteiger charge is -2.26. The van der Waals surface area contributed by atoms with Crippen LogP contribution in [0.5, 0.6) is 0 Å². The second-order valence-electron chi connectivity index (χ2n) is 4.67. The third kappa shape index (κ3) is 3.57. The van der Waals surface area contributed by atoms with Crippen LogP contribution in [0.3, 0.4) is 0 Å². The molecule has 1 aromatic heterocycles. The van der Waals surface area contributed by atoms with Crippen molar-refractivity contribution in [1.82, 2.24) is 20.4 Å². The Labute approximate surface area is 112 Å². The lowest BCUT2D eigenvalue weighted by Crippen LogP contribution is -2.42. The van der Waals surface area contributed by atoms with E-state index in [4.69, 9.17) is 4.74 Å². The third-order valence-electron chi connectivity index (χ3n) is 3.28. The van der Waals surface area contributed by atoms with Gasteiger partial charge in [-0.15, -0.1) is 0 Å². The predicted molar refractivity (Wildman–Crippen MR) is 71.7 cm³/mol. The number of aryl methyl sites for hydroxylation is 1. The van der Waals surface area contributed by atoms with Crippen LogP contribution >= 0.6 is 0 Å². The molecule has 104 valence electrons. The summed E-state index contributed by atoms with van der Waals surface area (Å²) in [5.41, 5.74) is 3.26. The average Bonchev–Trinajstić information content (AvgIpc) is 2.83. The number of hydrogen-bond acceptors (Lipinski definition) is 3. The van der Waals surface area contributed by atoms with E-state index in [9.17, 15) is 4.79 Å². The summed E-state index contributed by atoms with van der Waals surface area (Å²) in [7, 11) is 1.69. The fourth-order valence-corrected chi connectivity index (χ4v) is 2.05. The molecule has 19 heavy (non-hydrogen) atoms. The molecule has 0 bridgehead atoms. The number of hydrogen-bond donors (Lipinski definition) is 2. The Kier molecular flexibility index (Phi) is 4.57. The van der Waals surface area contributed by atoms with Crippen molar-refractivity contribution in [3.63, 3.8) is 0 Å². The maximum Gasteiger partial charge on any atom is 0.317 e. The monoisotopic (exact) mass is 264 g/mol. The summed E-state index contributed by atoms with van der Waals surface area (Å²) in [5, 5.41) is 9.69. The number of rotatable bonds is 4. The molecule has 0 unspecified atom stereocenters. The normalized spacial score (nSPS) is 15.3. The first-order valence-corrected chi connectivity index (χ1v) is 6.39. The Bertz CT molecular complexity index is 467. The standard InChI is InChI=1S/C13H20N4O2/c1-10-12(8-15-16-10)7-14-13(18)17-5-3-11(4-6-17)9-19-2/h3,8H,4-7,9H2,1-2H3,(H,14,18)(H,15,16). The van der Waals surface area contributed by atoms with Crippen LogP contribution in [-0.2, 0) is 11.3 Å². The van der Waals surface area contributed by atoms with E-state index >= 15 is 0 Å². The number of amides is 2. The molecule has 1 aliphatic rings. The number of aromatic amines is 1. The van der Waals surface area contributed by atoms with Crippen molar-refractivity contribution in [2.75, 3.05) is 26.8 Å². The number of ether oxygens (including phenoxy) is 1. The number of urea groups is 1. The van der Waals surface area contributed by atoms with Crippen molar-refractivity contribution < 1.29 is 9.53 Å². The van der Waals surface area contributed by atoms with Gasteiger partial charge in [0.05, 0.1) is 12.8 Å². The molecule has 6 nitrogen and oxygen atoms in total. The molecular weight excluding hydrogens is 244 g/mol. The molecule has 0 saturated carbocycles. The molecule has 2 rings (SSSR count). The van der Waals surface area contributed by atoms with Crippen molar-refractivity contribution in [3.05, 3.63) is 29.1 Å². The van der Waals surface area contributed by atoms with Crippen LogP contribution in [0, 0.1) is 6.92 Å². The van der Waals surface area contributed by atoms with Gasteiger partial charge in [0.2, 0.25) is 0 Å². The summed E-state index contributed by atoms with van der Waals surface area (Å²) < 4.78 is 5.09. The Morgan fingerprint density at radius 1 is 1.63 bits per heavy atom. The van der Waals surface area contributed by atoms with Gasteiger partial charge in [-0.25, -0.2) is 4.79 Å². The molecular formula is C13H20N4O2. The van der Waals surface area contributed by atoms with Crippen molar-refractivity contribution in [2.24, 2.45) is 0 Å². The highest BCUT2D eigenvalue weighted by molar-refractivity contribution is 5.74. The van der Waals surface area contributed by atoms with Gasteiger partial charge in [-0.2, -0.15) is 5.10 Å². The van der Waals surface area contributed by atoms with Crippen LogP contribution in [0.4, 0.5) is 4.79 Å². The summed E-state index contributed by atoms with van der Waals surface area (Å²) in [6.45, 7) is 4.49. The first kappa shape index (κ1) is 13.6. The molecule has 6 heteroatoms. The van der Waals surface area contributed by atoms with E-state index in [1.54, 1.807) is 18.2 Å². The molecule has 2 N–H and O–H groups in total. The molecule has 2 amide bonds. The van der Waals surface area contributed by atoms with Crippen LogP contribution in [0.1, 0.15) is 17.7 Å². The van der Waals surface area contributed by atoms with Gasteiger partial charge in [-0.3, -0.25) is 5.10 Å². The zero-order chi connectivity index (χ0) is 13.7. The minimum atomic E-state index is -0.0340. The number of H-pyrrole nitrogens is 1. The average molecular weight is 264 g/mol. The molecule has 2 heterocycles. The highest BCUT2D eigenvalue weighted by Crippen LogP contribution is 2.11. The van der Waals surface area contributed by atoms with E-state index in [1.807, 2.05) is 6.92 Å². The van der Waals surface area contributed by atoms with Gasteiger partial charge in [-0.1, -0.05) is 6.08 Å². The van der Waals surface area contributed by atoms with E-state index in [1.165, 1.54) is 5.57 Å². The topological polar surface area (TPSA) is 70.2 Å². The first-order chi connectivity index (χ1) is 9.20. The van der Waals surface area contributed by atoms with Crippen molar-refractivity contribution in [2.45, 2.75) is 19.9 Å². The third-order valence-corrected chi connectivity index (χ3v) is 3.28. The van der Waals surface area contributed by atoms with E-state index in [-0.39, 0.29) is 6.03 Å². The minimum Gasteiger partial charge on any atom is -0.380 e. The first-order valence-electron chi connectivity index (χ1n) is 6.39. The molecule has 0 aromatic carbocycles. The quantitative estimate of drug-likeness (QED) is 0.803. The van der Waals surface area contributed by atoms with Gasteiger partial charge in [0.25, 0.3) is 0 Å². The number of nitrogens with one attached hydrogen (secondary N) is 2. The number of carbonyl (C=O) groups excluding carboxylic acids is 1. The van der Waals surface area contributed by atoms with Gasteiger partial charge >= 0.3 is 6.03 Å². The van der Waals surface area contributed by atoms with Crippen molar-refractivity contribution >= 4 is 6.03 Å². The molecule has 1 aliphatic heterocycles. The van der Waals surface area contributed by atoms with Gasteiger partial charge in [0.1, 0.15) is 0 Å². The van der Waals surface area contributed by atoms with Crippen LogP contribution < -0.4 is 5.32 Å². The summed E-state index contributed by atoms with van der Waals surface area (Å²) in [5.74, 6) is 0. The maximum atomic E-state index is 12.0. The Hall–Kier alpha value is -1.82. The zero-order valence-electron chi connectivity index (χ0n) is 11.4. The maximum absolute atomic E-state index is 12.0. The van der Waals surface area contributed by atoms with E-state index in [0.717, 1.165) is 24.2 Å². The van der Waals surface area contributed by atoms with Gasteiger partial charge in [0.15, 0.2) is 0 Å². The number of methoxy groups -OCH3 is 1. The molecule has 0 spiro atoms. The Morgan fingerprint density at radius 2 is 2.47 bits per heavy atom. The highest BCUT2D eigenvalue weighted by Gasteiger charge is 2.16. The summed E-state index contributed by atoms with van der Waals surface area (Å²) in [4.78, 5) is 13.8. The summed E-state index contributed by atoms with van der Waals surface area (Å²) in [6, 6.07) is -0.0340. The van der Waals surface area contributed by atoms with Gasteiger partial charge < -0.3 is 15.0 Å². The Morgan fingerprint density at radius 3 is 3.05 bits per heavy atom. The van der Waals surface area contributed by atoms with Crippen LogP contribution in [0.2, 0.25) is 0 Å².